The third-order valence-electron chi connectivity index (χ3n) is 5.79. The highest BCUT2D eigenvalue weighted by molar-refractivity contribution is 6.27. The highest BCUT2D eigenvalue weighted by Crippen LogP contribution is 2.28. The van der Waals surface area contributed by atoms with Gasteiger partial charge in [0.1, 0.15) is 5.75 Å². The molecule has 1 aliphatic heterocycles. The molecule has 0 radical (unpaired) electrons. The van der Waals surface area contributed by atoms with E-state index >= 15 is 0 Å². The molecule has 6 heteroatoms. The van der Waals surface area contributed by atoms with E-state index in [-0.39, 0.29) is 5.41 Å². The first-order valence-electron chi connectivity index (χ1n) is 11.2. The molecule has 0 unspecified atom stereocenters. The van der Waals surface area contributed by atoms with Crippen LogP contribution in [0.2, 0.25) is 0 Å². The van der Waals surface area contributed by atoms with Crippen LogP contribution in [0.15, 0.2) is 24.3 Å². The number of carbonyl (C=O) groups is 2. The van der Waals surface area contributed by atoms with Crippen LogP contribution < -0.4 is 4.74 Å². The van der Waals surface area contributed by atoms with E-state index in [4.69, 9.17) is 24.5 Å². The van der Waals surface area contributed by atoms with Gasteiger partial charge < -0.3 is 19.8 Å². The molecule has 0 amide bonds. The summed E-state index contributed by atoms with van der Waals surface area (Å²) in [5, 5.41) is 14.8. The third kappa shape index (κ3) is 10.6. The number of benzene rings is 1. The Bertz CT molecular complexity index is 609. The average molecular weight is 422 g/mol. The number of hydrogen-bond donors (Lipinski definition) is 2. The van der Waals surface area contributed by atoms with Crippen molar-refractivity contribution in [3.63, 3.8) is 0 Å². The molecule has 0 saturated carbocycles. The molecule has 0 aromatic heterocycles. The molecule has 30 heavy (non-hydrogen) atoms. The van der Waals surface area contributed by atoms with Gasteiger partial charge in [-0.1, -0.05) is 52.2 Å². The van der Waals surface area contributed by atoms with E-state index in [1.54, 1.807) is 0 Å². The second-order valence-electron chi connectivity index (χ2n) is 8.54. The van der Waals surface area contributed by atoms with E-state index in [9.17, 15) is 0 Å². The molecule has 6 nitrogen and oxygen atoms in total. The Balaban J connectivity index is 0.000000656. The van der Waals surface area contributed by atoms with Crippen LogP contribution >= 0.6 is 0 Å². The molecule has 1 aliphatic rings. The van der Waals surface area contributed by atoms with Crippen molar-refractivity contribution in [1.82, 2.24) is 4.90 Å². The molecule has 1 aromatic carbocycles. The Morgan fingerprint density at radius 2 is 1.50 bits per heavy atom. The lowest BCUT2D eigenvalue weighted by molar-refractivity contribution is -0.159. The molecule has 1 aromatic rings. The second-order valence-corrected chi connectivity index (χ2v) is 8.54. The smallest absolute Gasteiger partial charge is 0.414 e. The minimum Gasteiger partial charge on any atom is -0.494 e. The first kappa shape index (κ1) is 26.0. The monoisotopic (exact) mass is 421 g/mol. The standard InChI is InChI=1S/C22H37NO.C2H2O4/c1-4-22(2,3)20-12-14-21(15-13-20)24-19-11-6-5-8-16-23-17-9-7-10-18-23;3-1(4)2(5)6/h12-15H,4-11,16-19H2,1-3H3;(H,3,4)(H,5,6). The molecule has 0 aliphatic carbocycles. The van der Waals surface area contributed by atoms with Crippen LogP contribution in [0, 0.1) is 0 Å². The van der Waals surface area contributed by atoms with Crippen molar-refractivity contribution in [2.45, 2.75) is 77.6 Å². The Morgan fingerprint density at radius 3 is 2.03 bits per heavy atom. The number of carboxylic acids is 2. The first-order chi connectivity index (χ1) is 14.3. The van der Waals surface area contributed by atoms with E-state index in [0.29, 0.717) is 0 Å². The van der Waals surface area contributed by atoms with Gasteiger partial charge in [-0.3, -0.25) is 0 Å². The van der Waals surface area contributed by atoms with Crippen molar-refractivity contribution >= 4 is 11.9 Å². The van der Waals surface area contributed by atoms with Crippen LogP contribution in [0.3, 0.4) is 0 Å². The van der Waals surface area contributed by atoms with Crippen LogP contribution in [0.1, 0.15) is 77.7 Å². The van der Waals surface area contributed by atoms with Crippen molar-refractivity contribution in [3.8, 4) is 5.75 Å². The second kappa shape index (κ2) is 14.0. The predicted octanol–water partition coefficient (Wildman–Crippen LogP) is 4.95. The number of likely N-dealkylation sites (tertiary alicyclic amines) is 1. The van der Waals surface area contributed by atoms with Crippen LogP contribution in [0.25, 0.3) is 0 Å². The molecule has 1 fully saturated rings. The molecule has 2 N–H and O–H groups in total. The largest absolute Gasteiger partial charge is 0.494 e. The van der Waals surface area contributed by atoms with E-state index in [1.165, 1.54) is 70.1 Å². The van der Waals surface area contributed by atoms with E-state index in [0.717, 1.165) is 18.8 Å². The lowest BCUT2D eigenvalue weighted by Crippen LogP contribution is -2.30. The number of unbranched alkanes of at least 4 members (excludes halogenated alkanes) is 3. The van der Waals surface area contributed by atoms with Gasteiger partial charge in [0.2, 0.25) is 0 Å². The summed E-state index contributed by atoms with van der Waals surface area (Å²) in [6.07, 6.45) is 10.5. The number of aliphatic carboxylic acids is 2. The van der Waals surface area contributed by atoms with Gasteiger partial charge in [0, 0.05) is 0 Å². The molecular weight excluding hydrogens is 382 g/mol. The Labute approximate surface area is 181 Å². The maximum Gasteiger partial charge on any atom is 0.414 e. The van der Waals surface area contributed by atoms with Crippen LogP contribution in [0.5, 0.6) is 5.75 Å². The SMILES string of the molecule is CCC(C)(C)c1ccc(OCCCCCCN2CCCCC2)cc1.O=C(O)C(=O)O. The van der Waals surface area contributed by atoms with Gasteiger partial charge in [0.25, 0.3) is 0 Å². The van der Waals surface area contributed by atoms with Gasteiger partial charge in [0.15, 0.2) is 0 Å². The summed E-state index contributed by atoms with van der Waals surface area (Å²) < 4.78 is 5.89. The van der Waals surface area contributed by atoms with E-state index < -0.39 is 11.9 Å². The zero-order valence-corrected chi connectivity index (χ0v) is 18.9. The fraction of sp³-hybridized carbons (Fsp3) is 0.667. The lowest BCUT2D eigenvalue weighted by Gasteiger charge is -2.26. The van der Waals surface area contributed by atoms with E-state index in [2.05, 4.69) is 49.9 Å². The van der Waals surface area contributed by atoms with E-state index in [1.807, 2.05) is 0 Å². The Morgan fingerprint density at radius 1 is 0.933 bits per heavy atom. The molecule has 0 bridgehead atoms. The van der Waals surface area contributed by atoms with Gasteiger partial charge in [0.05, 0.1) is 6.61 Å². The number of piperidine rings is 1. The molecule has 170 valence electrons. The van der Waals surface area contributed by atoms with Crippen LogP contribution in [0.4, 0.5) is 0 Å². The number of hydrogen-bond acceptors (Lipinski definition) is 4. The zero-order valence-electron chi connectivity index (χ0n) is 18.9. The van der Waals surface area contributed by atoms with Crippen molar-refractivity contribution in [2.24, 2.45) is 0 Å². The van der Waals surface area contributed by atoms with Crippen molar-refractivity contribution in [3.05, 3.63) is 29.8 Å². The van der Waals surface area contributed by atoms with Gasteiger partial charge in [-0.2, -0.15) is 0 Å². The van der Waals surface area contributed by atoms with Gasteiger partial charge in [-0.15, -0.1) is 0 Å². The summed E-state index contributed by atoms with van der Waals surface area (Å²) in [7, 11) is 0. The van der Waals surface area contributed by atoms with Crippen LogP contribution in [-0.4, -0.2) is 53.3 Å². The summed E-state index contributed by atoms with van der Waals surface area (Å²) in [5.41, 5.74) is 1.66. The summed E-state index contributed by atoms with van der Waals surface area (Å²) in [6, 6.07) is 8.70. The maximum atomic E-state index is 9.10. The average Bonchev–Trinajstić information content (AvgIpc) is 2.74. The number of carboxylic acid groups (broad SMARTS) is 2. The fourth-order valence-corrected chi connectivity index (χ4v) is 3.37. The number of nitrogens with zero attached hydrogens (tertiary/aromatic N) is 1. The third-order valence-corrected chi connectivity index (χ3v) is 5.79. The summed E-state index contributed by atoms with van der Waals surface area (Å²) >= 11 is 0. The van der Waals surface area contributed by atoms with Gasteiger partial charge in [-0.05, 0) is 74.8 Å². The number of rotatable bonds is 10. The fourth-order valence-electron chi connectivity index (χ4n) is 3.37. The maximum absolute atomic E-state index is 9.10. The summed E-state index contributed by atoms with van der Waals surface area (Å²) in [5.74, 6) is -2.64. The summed E-state index contributed by atoms with van der Waals surface area (Å²) in [6.45, 7) is 11.6. The molecule has 1 saturated heterocycles. The predicted molar refractivity (Wildman–Crippen MR) is 119 cm³/mol. The Hall–Kier alpha value is -2.08. The molecule has 1 heterocycles. The zero-order chi connectivity index (χ0) is 22.4. The normalized spacial score (nSPS) is 14.5. The molecule has 0 spiro atoms. The van der Waals surface area contributed by atoms with Crippen molar-refractivity contribution in [1.29, 1.82) is 0 Å². The van der Waals surface area contributed by atoms with Crippen molar-refractivity contribution in [2.75, 3.05) is 26.2 Å². The highest BCUT2D eigenvalue weighted by atomic mass is 16.5. The van der Waals surface area contributed by atoms with Gasteiger partial charge in [-0.25, -0.2) is 9.59 Å². The minimum absolute atomic E-state index is 0.257. The topological polar surface area (TPSA) is 87.1 Å². The number of ether oxygens (including phenoxy) is 1. The Kier molecular flexibility index (Phi) is 12.1. The minimum atomic E-state index is -1.82. The highest BCUT2D eigenvalue weighted by Gasteiger charge is 2.17. The summed E-state index contributed by atoms with van der Waals surface area (Å²) in [4.78, 5) is 20.8. The van der Waals surface area contributed by atoms with Gasteiger partial charge >= 0.3 is 11.9 Å². The van der Waals surface area contributed by atoms with Crippen LogP contribution in [-0.2, 0) is 15.0 Å². The molecular formula is C24H39NO5. The first-order valence-corrected chi connectivity index (χ1v) is 11.2. The molecule has 0 atom stereocenters. The lowest BCUT2D eigenvalue weighted by atomic mass is 9.82. The molecule has 2 rings (SSSR count). The van der Waals surface area contributed by atoms with Crippen molar-refractivity contribution < 1.29 is 24.5 Å². The quantitative estimate of drug-likeness (QED) is 0.410.